The zero-order valence-corrected chi connectivity index (χ0v) is 27.9. The number of aryl methyl sites for hydroxylation is 1. The SMILES string of the molecule is Cc1cc(C(=O)N[C@H](C(=O)N[C@@H](Cc2ccc(F)cc2)C(=O)N[C@H](/C=C/C(=O)OCc2cnc3ccccc3c2)CCC(N)=O)C(C)C)no1. The van der Waals surface area contributed by atoms with Crippen molar-refractivity contribution in [1.29, 1.82) is 0 Å². The van der Waals surface area contributed by atoms with E-state index >= 15 is 0 Å². The number of pyridine rings is 1. The number of aromatic nitrogens is 2. The fourth-order valence-corrected chi connectivity index (χ4v) is 4.94. The number of hydrogen-bond donors (Lipinski definition) is 4. The van der Waals surface area contributed by atoms with E-state index in [9.17, 15) is 28.4 Å². The number of para-hydroxylation sites is 1. The van der Waals surface area contributed by atoms with Gasteiger partial charge in [-0.15, -0.1) is 0 Å². The molecule has 13 nitrogen and oxygen atoms in total. The number of hydrogen-bond acceptors (Lipinski definition) is 9. The zero-order chi connectivity index (χ0) is 36.2. The summed E-state index contributed by atoms with van der Waals surface area (Å²) in [6.07, 6.45) is 3.98. The highest BCUT2D eigenvalue weighted by molar-refractivity contribution is 5.97. The van der Waals surface area contributed by atoms with Gasteiger partial charge in [0.15, 0.2) is 5.69 Å². The van der Waals surface area contributed by atoms with E-state index in [1.165, 1.54) is 36.4 Å². The smallest absolute Gasteiger partial charge is 0.330 e. The third-order valence-electron chi connectivity index (χ3n) is 7.60. The van der Waals surface area contributed by atoms with Crippen molar-refractivity contribution in [1.82, 2.24) is 26.1 Å². The second-order valence-electron chi connectivity index (χ2n) is 12.0. The summed E-state index contributed by atoms with van der Waals surface area (Å²) in [6.45, 7) is 5.00. The molecule has 5 N–H and O–H groups in total. The quantitative estimate of drug-likeness (QED) is 0.101. The standard InChI is InChI=1S/C36H39FN6O7/c1-21(2)33(42-35(47)30-16-22(3)50-43-30)36(48)41-29(18-23-8-10-26(37)11-9-23)34(46)40-27(12-14-31(38)44)13-15-32(45)49-20-24-17-25-6-4-5-7-28(25)39-19-24/h4-11,13,15-17,19,21,27,29,33H,12,14,18,20H2,1-3H3,(H2,38,44)(H,40,46)(H,41,48)(H,42,47)/b15-13+/t27-,29-,33-/m0/s1. The molecule has 0 radical (unpaired) electrons. The van der Waals surface area contributed by atoms with E-state index in [-0.39, 0.29) is 31.6 Å². The Morgan fingerprint density at radius 3 is 2.38 bits per heavy atom. The lowest BCUT2D eigenvalue weighted by Crippen LogP contribution is -2.56. The number of nitrogens with zero attached hydrogens (tertiary/aromatic N) is 2. The molecular formula is C36H39FN6O7. The van der Waals surface area contributed by atoms with Crippen molar-refractivity contribution in [2.24, 2.45) is 11.7 Å². The van der Waals surface area contributed by atoms with Gasteiger partial charge >= 0.3 is 5.97 Å². The van der Waals surface area contributed by atoms with E-state index in [0.717, 1.165) is 17.0 Å². The van der Waals surface area contributed by atoms with Gasteiger partial charge in [0.05, 0.1) is 5.52 Å². The molecule has 0 aliphatic carbocycles. The minimum absolute atomic E-state index is 0.0157. The number of nitrogens with one attached hydrogen (secondary N) is 3. The largest absolute Gasteiger partial charge is 0.458 e. The molecule has 0 fully saturated rings. The summed E-state index contributed by atoms with van der Waals surface area (Å²) in [5.74, 6) is -3.77. The van der Waals surface area contributed by atoms with Gasteiger partial charge in [-0.3, -0.25) is 24.2 Å². The van der Waals surface area contributed by atoms with Gasteiger partial charge in [0.25, 0.3) is 5.91 Å². The molecule has 0 aliphatic rings. The Morgan fingerprint density at radius 2 is 1.70 bits per heavy atom. The summed E-state index contributed by atoms with van der Waals surface area (Å²) in [6, 6.07) is 13.0. The monoisotopic (exact) mass is 686 g/mol. The highest BCUT2D eigenvalue weighted by Gasteiger charge is 2.30. The van der Waals surface area contributed by atoms with Crippen molar-refractivity contribution < 1.29 is 37.6 Å². The number of nitrogens with two attached hydrogens (primary N) is 1. The summed E-state index contributed by atoms with van der Waals surface area (Å²) in [5, 5.41) is 12.6. The topological polar surface area (TPSA) is 196 Å². The van der Waals surface area contributed by atoms with Gasteiger partial charge in [0.1, 0.15) is 30.3 Å². The highest BCUT2D eigenvalue weighted by Crippen LogP contribution is 2.14. The molecule has 4 amide bonds. The van der Waals surface area contributed by atoms with Gasteiger partial charge in [-0.25, -0.2) is 9.18 Å². The molecular weight excluding hydrogens is 647 g/mol. The van der Waals surface area contributed by atoms with Crippen LogP contribution in [0.5, 0.6) is 0 Å². The maximum Gasteiger partial charge on any atom is 0.330 e. The third kappa shape index (κ3) is 11.1. The fraction of sp³-hybridized carbons (Fsp3) is 0.306. The molecule has 0 bridgehead atoms. The maximum absolute atomic E-state index is 13.7. The van der Waals surface area contributed by atoms with Gasteiger partial charge in [-0.05, 0) is 49.1 Å². The highest BCUT2D eigenvalue weighted by atomic mass is 19.1. The lowest BCUT2D eigenvalue weighted by Gasteiger charge is -2.26. The molecule has 50 heavy (non-hydrogen) atoms. The minimum Gasteiger partial charge on any atom is -0.458 e. The Labute approximate surface area is 287 Å². The fourth-order valence-electron chi connectivity index (χ4n) is 4.94. The Morgan fingerprint density at radius 1 is 0.960 bits per heavy atom. The molecule has 0 saturated carbocycles. The van der Waals surface area contributed by atoms with Crippen molar-refractivity contribution in [3.63, 3.8) is 0 Å². The number of primary amides is 1. The Balaban J connectivity index is 1.47. The van der Waals surface area contributed by atoms with Crippen molar-refractivity contribution in [2.45, 2.75) is 64.8 Å². The van der Waals surface area contributed by atoms with Gasteiger partial charge in [-0.1, -0.05) is 55.4 Å². The van der Waals surface area contributed by atoms with Gasteiger partial charge < -0.3 is 30.9 Å². The number of carbonyl (C=O) groups is 5. The molecule has 0 aliphatic heterocycles. The Kier molecular flexibility index (Phi) is 12.9. The van der Waals surface area contributed by atoms with Crippen LogP contribution in [-0.4, -0.2) is 57.9 Å². The van der Waals surface area contributed by atoms with Gasteiger partial charge in [0, 0.05) is 48.2 Å². The number of rotatable bonds is 16. The summed E-state index contributed by atoms with van der Waals surface area (Å²) < 4.78 is 24.0. The maximum atomic E-state index is 13.7. The van der Waals surface area contributed by atoms with Crippen molar-refractivity contribution in [3.8, 4) is 0 Å². The van der Waals surface area contributed by atoms with E-state index in [2.05, 4.69) is 26.1 Å². The number of carbonyl (C=O) groups excluding carboxylic acids is 5. The molecule has 4 rings (SSSR count). The first-order chi connectivity index (χ1) is 23.9. The second kappa shape index (κ2) is 17.5. The average Bonchev–Trinajstić information content (AvgIpc) is 3.53. The number of esters is 1. The lowest BCUT2D eigenvalue weighted by molar-refractivity contribution is -0.139. The molecule has 4 aromatic rings. The van der Waals surface area contributed by atoms with Crippen LogP contribution in [0.1, 0.15) is 54.1 Å². The first-order valence-corrected chi connectivity index (χ1v) is 15.9. The van der Waals surface area contributed by atoms with Gasteiger partial charge in [-0.2, -0.15) is 0 Å². The second-order valence-corrected chi connectivity index (χ2v) is 12.0. The van der Waals surface area contributed by atoms with E-state index in [1.807, 2.05) is 30.3 Å². The normalized spacial score (nSPS) is 13.1. The predicted octanol–water partition coefficient (Wildman–Crippen LogP) is 3.20. The van der Waals surface area contributed by atoms with Crippen molar-refractivity contribution in [2.75, 3.05) is 0 Å². The summed E-state index contributed by atoms with van der Waals surface area (Å²) in [7, 11) is 0. The number of fused-ring (bicyclic) bond motifs is 1. The number of amides is 4. The lowest BCUT2D eigenvalue weighted by atomic mass is 10.00. The molecule has 0 saturated heterocycles. The molecule has 0 spiro atoms. The van der Waals surface area contributed by atoms with Crippen LogP contribution in [0.15, 0.2) is 83.5 Å². The average molecular weight is 687 g/mol. The van der Waals surface area contributed by atoms with Crippen LogP contribution in [0, 0.1) is 18.7 Å². The number of ether oxygens (including phenoxy) is 1. The third-order valence-corrected chi connectivity index (χ3v) is 7.60. The molecule has 3 atom stereocenters. The number of halogens is 1. The van der Waals surface area contributed by atoms with E-state index in [1.54, 1.807) is 27.0 Å². The van der Waals surface area contributed by atoms with Crippen LogP contribution in [0.2, 0.25) is 0 Å². The predicted molar refractivity (Wildman–Crippen MR) is 180 cm³/mol. The molecule has 2 heterocycles. The molecule has 2 aromatic heterocycles. The van der Waals surface area contributed by atoms with E-state index in [0.29, 0.717) is 16.9 Å². The summed E-state index contributed by atoms with van der Waals surface area (Å²) >= 11 is 0. The van der Waals surface area contributed by atoms with E-state index < -0.39 is 59.5 Å². The van der Waals surface area contributed by atoms with Crippen LogP contribution in [0.4, 0.5) is 4.39 Å². The van der Waals surface area contributed by atoms with E-state index in [4.69, 9.17) is 15.0 Å². The van der Waals surface area contributed by atoms with Crippen LogP contribution in [0.25, 0.3) is 10.9 Å². The molecule has 14 heteroatoms. The Hall–Kier alpha value is -5.92. The van der Waals surface area contributed by atoms with Crippen LogP contribution in [-0.2, 0) is 36.9 Å². The van der Waals surface area contributed by atoms with Crippen LogP contribution >= 0.6 is 0 Å². The van der Waals surface area contributed by atoms with Crippen molar-refractivity contribution in [3.05, 3.63) is 107 Å². The molecule has 262 valence electrons. The molecule has 2 aromatic carbocycles. The zero-order valence-electron chi connectivity index (χ0n) is 27.9. The Bertz CT molecular complexity index is 1860. The number of benzene rings is 2. The van der Waals surface area contributed by atoms with Crippen molar-refractivity contribution >= 4 is 40.5 Å². The van der Waals surface area contributed by atoms with Crippen LogP contribution < -0.4 is 21.7 Å². The van der Waals surface area contributed by atoms with Gasteiger partial charge in [0.2, 0.25) is 17.7 Å². The summed E-state index contributed by atoms with van der Waals surface area (Å²) in [4.78, 5) is 68.6. The minimum atomic E-state index is -1.21. The first kappa shape index (κ1) is 36.9. The first-order valence-electron chi connectivity index (χ1n) is 15.9. The van der Waals surface area contributed by atoms with Crippen LogP contribution in [0.3, 0.4) is 0 Å². The summed E-state index contributed by atoms with van der Waals surface area (Å²) in [5.41, 5.74) is 7.35. The molecule has 0 unspecified atom stereocenters.